The van der Waals surface area contributed by atoms with Crippen molar-refractivity contribution in [3.63, 3.8) is 0 Å². The highest BCUT2D eigenvalue weighted by molar-refractivity contribution is 7.99. The maximum Gasteiger partial charge on any atom is 0.158 e. The Hall–Kier alpha value is -1.53. The van der Waals surface area contributed by atoms with Gasteiger partial charge in [0.2, 0.25) is 0 Å². The first-order chi connectivity index (χ1) is 10.3. The zero-order chi connectivity index (χ0) is 14.2. The van der Waals surface area contributed by atoms with Gasteiger partial charge < -0.3 is 9.88 Å². The fourth-order valence-corrected chi connectivity index (χ4v) is 3.77. The van der Waals surface area contributed by atoms with Crippen molar-refractivity contribution in [2.45, 2.75) is 6.42 Å². The average molecular weight is 320 g/mol. The van der Waals surface area contributed by atoms with Gasteiger partial charge >= 0.3 is 0 Å². The number of halogens is 1. The van der Waals surface area contributed by atoms with E-state index in [1.807, 2.05) is 24.0 Å². The molecule has 1 saturated heterocycles. The van der Waals surface area contributed by atoms with E-state index in [0.717, 1.165) is 53.7 Å². The number of amidine groups is 2. The number of aliphatic imine (C=N–C) groups is 2. The van der Waals surface area contributed by atoms with Crippen LogP contribution in [-0.2, 0) is 0 Å². The molecular formula is C14H14ClN5S. The van der Waals surface area contributed by atoms with Crippen LogP contribution in [0, 0.1) is 0 Å². The van der Waals surface area contributed by atoms with E-state index < -0.39 is 0 Å². The number of thioether (sulfide) groups is 1. The number of rotatable bonds is 1. The van der Waals surface area contributed by atoms with Crippen molar-refractivity contribution < 1.29 is 0 Å². The third-order valence-electron chi connectivity index (χ3n) is 3.69. The first-order valence-electron chi connectivity index (χ1n) is 6.89. The molecule has 0 aromatic carbocycles. The summed E-state index contributed by atoms with van der Waals surface area (Å²) in [7, 11) is 0. The zero-order valence-electron chi connectivity index (χ0n) is 11.3. The number of hydrogen-bond donors (Lipinski definition) is 1. The van der Waals surface area contributed by atoms with Crippen LogP contribution in [0.5, 0.6) is 0 Å². The zero-order valence-corrected chi connectivity index (χ0v) is 12.9. The molecule has 21 heavy (non-hydrogen) atoms. The molecule has 0 aliphatic carbocycles. The summed E-state index contributed by atoms with van der Waals surface area (Å²) in [6.07, 6.45) is 4.48. The second-order valence-corrected chi connectivity index (χ2v) is 6.55. The molecule has 108 valence electrons. The van der Waals surface area contributed by atoms with Gasteiger partial charge in [-0.2, -0.15) is 0 Å². The molecule has 7 heteroatoms. The van der Waals surface area contributed by atoms with E-state index in [2.05, 4.69) is 19.9 Å². The lowest BCUT2D eigenvalue weighted by Crippen LogP contribution is -2.31. The third kappa shape index (κ3) is 2.42. The number of nitrogens with zero attached hydrogens (tertiary/aromatic N) is 4. The van der Waals surface area contributed by atoms with Gasteiger partial charge in [0, 0.05) is 48.6 Å². The maximum atomic E-state index is 6.06. The Balaban J connectivity index is 1.74. The topological polar surface area (TPSA) is 56.6 Å². The molecule has 0 radical (unpaired) electrons. The SMILES string of the molecule is Clc1cnc2[nH]cc(C3=NCCC(N4CCSC4)=N3)c2c1. The van der Waals surface area contributed by atoms with Gasteiger partial charge in [-0.05, 0) is 6.07 Å². The van der Waals surface area contributed by atoms with Crippen LogP contribution in [0.25, 0.3) is 11.0 Å². The predicted molar refractivity (Wildman–Crippen MR) is 88.6 cm³/mol. The molecule has 0 saturated carbocycles. The monoisotopic (exact) mass is 319 g/mol. The van der Waals surface area contributed by atoms with Crippen molar-refractivity contribution in [2.75, 3.05) is 24.7 Å². The molecule has 4 heterocycles. The molecule has 2 aliphatic heterocycles. The Labute approximate surface area is 131 Å². The number of aromatic amines is 1. The maximum absolute atomic E-state index is 6.06. The summed E-state index contributed by atoms with van der Waals surface area (Å²) in [5.41, 5.74) is 1.79. The Morgan fingerprint density at radius 1 is 1.38 bits per heavy atom. The summed E-state index contributed by atoms with van der Waals surface area (Å²) in [6, 6.07) is 1.91. The summed E-state index contributed by atoms with van der Waals surface area (Å²) in [5.74, 6) is 4.14. The fraction of sp³-hybridized carbons (Fsp3) is 0.357. The highest BCUT2D eigenvalue weighted by Gasteiger charge is 2.21. The van der Waals surface area contributed by atoms with Gasteiger partial charge in [0.05, 0.1) is 10.9 Å². The first kappa shape index (κ1) is 13.2. The lowest BCUT2D eigenvalue weighted by molar-refractivity contribution is 0.528. The van der Waals surface area contributed by atoms with Crippen LogP contribution in [0.1, 0.15) is 12.0 Å². The molecule has 2 aromatic rings. The van der Waals surface area contributed by atoms with Crippen LogP contribution < -0.4 is 0 Å². The van der Waals surface area contributed by atoms with Crippen molar-refractivity contribution in [2.24, 2.45) is 9.98 Å². The summed E-state index contributed by atoms with van der Waals surface area (Å²) in [4.78, 5) is 19.1. The van der Waals surface area contributed by atoms with Crippen molar-refractivity contribution in [1.29, 1.82) is 0 Å². The standard InChI is InChI=1S/C14H14ClN5S/c15-9-5-10-11(7-18-13(10)17-6-9)14-16-2-1-12(19-14)20-3-4-21-8-20/h5-7H,1-4,8H2,(H,17,18). The van der Waals surface area contributed by atoms with Gasteiger partial charge in [0.15, 0.2) is 5.84 Å². The summed E-state index contributed by atoms with van der Waals surface area (Å²) in [6.45, 7) is 1.87. The highest BCUT2D eigenvalue weighted by atomic mass is 35.5. The summed E-state index contributed by atoms with van der Waals surface area (Å²) < 4.78 is 0. The third-order valence-corrected chi connectivity index (χ3v) is 4.86. The molecule has 0 atom stereocenters. The molecule has 0 bridgehead atoms. The minimum atomic E-state index is 0.625. The van der Waals surface area contributed by atoms with Gasteiger partial charge in [-0.15, -0.1) is 11.8 Å². The van der Waals surface area contributed by atoms with Crippen molar-refractivity contribution in [3.05, 3.63) is 29.0 Å². The molecule has 0 spiro atoms. The van der Waals surface area contributed by atoms with Crippen LogP contribution in [0.2, 0.25) is 5.02 Å². The molecule has 2 aromatic heterocycles. The normalized spacial score (nSPS) is 19.0. The predicted octanol–water partition coefficient (Wildman–Crippen LogP) is 2.77. The van der Waals surface area contributed by atoms with Gasteiger partial charge in [-0.25, -0.2) is 9.98 Å². The largest absolute Gasteiger partial charge is 0.350 e. The van der Waals surface area contributed by atoms with E-state index in [1.54, 1.807) is 6.20 Å². The Kier molecular flexibility index (Phi) is 3.35. The van der Waals surface area contributed by atoms with Crippen molar-refractivity contribution >= 4 is 46.1 Å². The second kappa shape index (κ2) is 5.35. The molecule has 5 nitrogen and oxygen atoms in total. The van der Waals surface area contributed by atoms with E-state index in [1.165, 1.54) is 5.75 Å². The number of pyridine rings is 1. The van der Waals surface area contributed by atoms with Crippen molar-refractivity contribution in [3.8, 4) is 0 Å². The second-order valence-electron chi connectivity index (χ2n) is 5.04. The molecule has 0 amide bonds. The average Bonchev–Trinajstić information content (AvgIpc) is 3.16. The fourth-order valence-electron chi connectivity index (χ4n) is 2.63. The van der Waals surface area contributed by atoms with E-state index in [9.17, 15) is 0 Å². The van der Waals surface area contributed by atoms with Gasteiger partial charge in [-0.1, -0.05) is 11.6 Å². The Morgan fingerprint density at radius 2 is 2.33 bits per heavy atom. The van der Waals surface area contributed by atoms with E-state index in [-0.39, 0.29) is 0 Å². The van der Waals surface area contributed by atoms with Crippen LogP contribution >= 0.6 is 23.4 Å². The summed E-state index contributed by atoms with van der Waals surface area (Å²) >= 11 is 8.01. The number of nitrogens with one attached hydrogen (secondary N) is 1. The molecule has 0 unspecified atom stereocenters. The van der Waals surface area contributed by atoms with Crippen LogP contribution in [0.4, 0.5) is 0 Å². The summed E-state index contributed by atoms with van der Waals surface area (Å²) in [5, 5.41) is 1.60. The van der Waals surface area contributed by atoms with E-state index in [4.69, 9.17) is 16.6 Å². The van der Waals surface area contributed by atoms with Gasteiger partial charge in [-0.3, -0.25) is 4.99 Å². The van der Waals surface area contributed by atoms with Gasteiger partial charge in [0.25, 0.3) is 0 Å². The first-order valence-corrected chi connectivity index (χ1v) is 8.42. The number of hydrogen-bond acceptors (Lipinski definition) is 5. The van der Waals surface area contributed by atoms with Gasteiger partial charge in [0.1, 0.15) is 11.5 Å². The van der Waals surface area contributed by atoms with Crippen LogP contribution in [-0.4, -0.2) is 51.3 Å². The smallest absolute Gasteiger partial charge is 0.158 e. The number of aromatic nitrogens is 2. The van der Waals surface area contributed by atoms with Crippen LogP contribution in [0.15, 0.2) is 28.4 Å². The molecule has 1 N–H and O–H groups in total. The number of H-pyrrole nitrogens is 1. The van der Waals surface area contributed by atoms with Crippen LogP contribution in [0.3, 0.4) is 0 Å². The molecular weight excluding hydrogens is 306 g/mol. The Bertz CT molecular complexity index is 745. The van der Waals surface area contributed by atoms with E-state index in [0.29, 0.717) is 5.02 Å². The van der Waals surface area contributed by atoms with Crippen molar-refractivity contribution in [1.82, 2.24) is 14.9 Å². The minimum Gasteiger partial charge on any atom is -0.350 e. The Morgan fingerprint density at radius 3 is 3.19 bits per heavy atom. The molecule has 4 rings (SSSR count). The van der Waals surface area contributed by atoms with E-state index >= 15 is 0 Å². The lowest BCUT2D eigenvalue weighted by atomic mass is 10.2. The lowest BCUT2D eigenvalue weighted by Gasteiger charge is -2.21. The quantitative estimate of drug-likeness (QED) is 0.879. The number of fused-ring (bicyclic) bond motifs is 1. The minimum absolute atomic E-state index is 0.625. The molecule has 1 fully saturated rings. The molecule has 2 aliphatic rings. The highest BCUT2D eigenvalue weighted by Crippen LogP contribution is 2.23.